The standard InChI is InChI=1S/C11H13Cl2NO/c12-7-1-2-8(9(13)5-7)10(14)11(6-15)3-4-11/h1-2,5,10,15H,3-4,6,14H2. The van der Waals surface area contributed by atoms with Crippen molar-refractivity contribution in [2.24, 2.45) is 11.1 Å². The summed E-state index contributed by atoms with van der Waals surface area (Å²) < 4.78 is 0. The average Bonchev–Trinajstić information content (AvgIpc) is 2.97. The third-order valence-corrected chi connectivity index (χ3v) is 3.73. The summed E-state index contributed by atoms with van der Waals surface area (Å²) in [6.07, 6.45) is 1.92. The first-order chi connectivity index (χ1) is 7.09. The Morgan fingerprint density at radius 2 is 2.07 bits per heavy atom. The Morgan fingerprint density at radius 1 is 1.40 bits per heavy atom. The zero-order valence-electron chi connectivity index (χ0n) is 8.21. The zero-order valence-corrected chi connectivity index (χ0v) is 9.72. The molecule has 0 heterocycles. The lowest BCUT2D eigenvalue weighted by atomic mass is 9.91. The van der Waals surface area contributed by atoms with Crippen molar-refractivity contribution < 1.29 is 5.11 Å². The topological polar surface area (TPSA) is 46.2 Å². The third-order valence-electron chi connectivity index (χ3n) is 3.16. The maximum atomic E-state index is 9.28. The number of benzene rings is 1. The lowest BCUT2D eigenvalue weighted by molar-refractivity contribution is 0.188. The van der Waals surface area contributed by atoms with Gasteiger partial charge in [0.25, 0.3) is 0 Å². The van der Waals surface area contributed by atoms with E-state index >= 15 is 0 Å². The Kier molecular flexibility index (Phi) is 2.95. The summed E-state index contributed by atoms with van der Waals surface area (Å²) in [6.45, 7) is 0.118. The van der Waals surface area contributed by atoms with Gasteiger partial charge in [-0.2, -0.15) is 0 Å². The van der Waals surface area contributed by atoms with Crippen LogP contribution in [0.3, 0.4) is 0 Å². The summed E-state index contributed by atoms with van der Waals surface area (Å²) in [5, 5.41) is 10.5. The Morgan fingerprint density at radius 3 is 2.53 bits per heavy atom. The highest BCUT2D eigenvalue weighted by Gasteiger charge is 2.48. The molecule has 1 aliphatic rings. The Hall–Kier alpha value is -0.280. The summed E-state index contributed by atoms with van der Waals surface area (Å²) in [5.41, 5.74) is 6.82. The number of aliphatic hydroxyl groups is 1. The molecule has 0 radical (unpaired) electrons. The van der Waals surface area contributed by atoms with Gasteiger partial charge in [-0.25, -0.2) is 0 Å². The van der Waals surface area contributed by atoms with Crippen molar-refractivity contribution in [2.45, 2.75) is 18.9 Å². The Labute approximate surface area is 99.0 Å². The van der Waals surface area contributed by atoms with Crippen LogP contribution in [0.25, 0.3) is 0 Å². The van der Waals surface area contributed by atoms with E-state index in [1.807, 2.05) is 6.07 Å². The van der Waals surface area contributed by atoms with Crippen LogP contribution in [0.1, 0.15) is 24.4 Å². The van der Waals surface area contributed by atoms with Crippen molar-refractivity contribution in [3.05, 3.63) is 33.8 Å². The quantitative estimate of drug-likeness (QED) is 0.861. The molecule has 2 rings (SSSR count). The van der Waals surface area contributed by atoms with E-state index in [0.717, 1.165) is 18.4 Å². The fourth-order valence-corrected chi connectivity index (χ4v) is 2.34. The molecule has 3 N–H and O–H groups in total. The van der Waals surface area contributed by atoms with Crippen molar-refractivity contribution in [1.29, 1.82) is 0 Å². The van der Waals surface area contributed by atoms with Gasteiger partial charge in [0.2, 0.25) is 0 Å². The highest BCUT2D eigenvalue weighted by Crippen LogP contribution is 2.54. The van der Waals surface area contributed by atoms with Crippen LogP contribution in [0.15, 0.2) is 18.2 Å². The number of rotatable bonds is 3. The van der Waals surface area contributed by atoms with Gasteiger partial charge >= 0.3 is 0 Å². The predicted octanol–water partition coefficient (Wildman–Crippen LogP) is 2.77. The minimum Gasteiger partial charge on any atom is -0.396 e. The molecule has 0 amide bonds. The van der Waals surface area contributed by atoms with Crippen molar-refractivity contribution in [3.63, 3.8) is 0 Å². The first-order valence-corrected chi connectivity index (χ1v) is 5.66. The molecule has 1 atom stereocenters. The van der Waals surface area contributed by atoms with Gasteiger partial charge in [-0.15, -0.1) is 0 Å². The fourth-order valence-electron chi connectivity index (χ4n) is 1.81. The van der Waals surface area contributed by atoms with Crippen LogP contribution >= 0.6 is 23.2 Å². The van der Waals surface area contributed by atoms with E-state index in [1.165, 1.54) is 0 Å². The number of hydrogen-bond donors (Lipinski definition) is 2. The second kappa shape index (κ2) is 3.95. The minimum absolute atomic E-state index is 0.118. The van der Waals surface area contributed by atoms with E-state index in [9.17, 15) is 5.11 Å². The molecule has 0 saturated heterocycles. The minimum atomic E-state index is -0.202. The predicted molar refractivity (Wildman–Crippen MR) is 62.1 cm³/mol. The number of halogens is 2. The summed E-state index contributed by atoms with van der Waals surface area (Å²) in [4.78, 5) is 0. The molecule has 1 aromatic rings. The summed E-state index contributed by atoms with van der Waals surface area (Å²) in [5.74, 6) is 0. The Bertz CT molecular complexity index is 377. The largest absolute Gasteiger partial charge is 0.396 e. The van der Waals surface area contributed by atoms with E-state index in [4.69, 9.17) is 28.9 Å². The van der Waals surface area contributed by atoms with Crippen molar-refractivity contribution in [1.82, 2.24) is 0 Å². The third kappa shape index (κ3) is 2.00. The monoisotopic (exact) mass is 245 g/mol. The molecule has 4 heteroatoms. The molecular formula is C11H13Cl2NO. The van der Waals surface area contributed by atoms with Crippen LogP contribution in [0.4, 0.5) is 0 Å². The van der Waals surface area contributed by atoms with E-state index in [1.54, 1.807) is 12.1 Å². The smallest absolute Gasteiger partial charge is 0.0505 e. The van der Waals surface area contributed by atoms with Crippen LogP contribution in [0, 0.1) is 5.41 Å². The highest BCUT2D eigenvalue weighted by atomic mass is 35.5. The van der Waals surface area contributed by atoms with Crippen LogP contribution < -0.4 is 5.73 Å². The fraction of sp³-hybridized carbons (Fsp3) is 0.455. The zero-order chi connectivity index (χ0) is 11.1. The number of hydrogen-bond acceptors (Lipinski definition) is 2. The molecule has 2 nitrogen and oxygen atoms in total. The molecule has 0 bridgehead atoms. The first-order valence-electron chi connectivity index (χ1n) is 4.90. The molecule has 0 spiro atoms. The summed E-state index contributed by atoms with van der Waals surface area (Å²) >= 11 is 11.9. The summed E-state index contributed by atoms with van der Waals surface area (Å²) in [7, 11) is 0. The van der Waals surface area contributed by atoms with E-state index in [2.05, 4.69) is 0 Å². The highest BCUT2D eigenvalue weighted by molar-refractivity contribution is 6.35. The van der Waals surface area contributed by atoms with Crippen LogP contribution in [-0.2, 0) is 0 Å². The number of aliphatic hydroxyl groups excluding tert-OH is 1. The molecule has 0 aromatic heterocycles. The normalized spacial score (nSPS) is 20.0. The van der Waals surface area contributed by atoms with Gasteiger partial charge in [0.05, 0.1) is 6.61 Å². The maximum Gasteiger partial charge on any atom is 0.0505 e. The molecule has 1 saturated carbocycles. The summed E-state index contributed by atoms with van der Waals surface area (Å²) in [6, 6.07) is 5.10. The van der Waals surface area contributed by atoms with E-state index < -0.39 is 0 Å². The second-order valence-corrected chi connectivity index (χ2v) is 5.01. The van der Waals surface area contributed by atoms with Crippen molar-refractivity contribution >= 4 is 23.2 Å². The van der Waals surface area contributed by atoms with Gasteiger partial charge < -0.3 is 10.8 Å². The molecule has 0 aliphatic heterocycles. The SMILES string of the molecule is NC(c1ccc(Cl)cc1Cl)C1(CO)CC1. The van der Waals surface area contributed by atoms with Gasteiger partial charge in [0, 0.05) is 21.5 Å². The lowest BCUT2D eigenvalue weighted by Gasteiger charge is -2.22. The molecule has 15 heavy (non-hydrogen) atoms. The number of nitrogens with two attached hydrogens (primary N) is 1. The van der Waals surface area contributed by atoms with Gasteiger partial charge in [-0.1, -0.05) is 29.3 Å². The molecule has 1 aromatic carbocycles. The van der Waals surface area contributed by atoms with Crippen LogP contribution in [0.5, 0.6) is 0 Å². The molecule has 1 aliphatic carbocycles. The second-order valence-electron chi connectivity index (χ2n) is 4.16. The lowest BCUT2D eigenvalue weighted by Crippen LogP contribution is -2.26. The van der Waals surface area contributed by atoms with Crippen LogP contribution in [0.2, 0.25) is 10.0 Å². The molecule has 82 valence electrons. The first kappa shape index (κ1) is 11.2. The maximum absolute atomic E-state index is 9.28. The Balaban J connectivity index is 2.29. The molecule has 1 unspecified atom stereocenters. The van der Waals surface area contributed by atoms with Gasteiger partial charge in [-0.05, 0) is 30.5 Å². The van der Waals surface area contributed by atoms with Gasteiger partial charge in [0.15, 0.2) is 0 Å². The van der Waals surface area contributed by atoms with Crippen molar-refractivity contribution in [2.75, 3.05) is 6.61 Å². The van der Waals surface area contributed by atoms with Gasteiger partial charge in [-0.3, -0.25) is 0 Å². The van der Waals surface area contributed by atoms with Crippen LogP contribution in [-0.4, -0.2) is 11.7 Å². The average molecular weight is 246 g/mol. The van der Waals surface area contributed by atoms with E-state index in [-0.39, 0.29) is 18.1 Å². The van der Waals surface area contributed by atoms with Gasteiger partial charge in [0.1, 0.15) is 0 Å². The van der Waals surface area contributed by atoms with Crippen molar-refractivity contribution in [3.8, 4) is 0 Å². The molecular weight excluding hydrogens is 233 g/mol. The van der Waals surface area contributed by atoms with E-state index in [0.29, 0.717) is 10.0 Å². The molecule has 1 fully saturated rings.